The van der Waals surface area contributed by atoms with Crippen LogP contribution in [-0.2, 0) is 6.54 Å². The fourth-order valence-corrected chi connectivity index (χ4v) is 4.37. The summed E-state index contributed by atoms with van der Waals surface area (Å²) >= 11 is 0. The summed E-state index contributed by atoms with van der Waals surface area (Å²) in [6.07, 6.45) is 5.36. The molecule has 0 N–H and O–H groups in total. The average Bonchev–Trinajstić information content (AvgIpc) is 3.21. The summed E-state index contributed by atoms with van der Waals surface area (Å²) in [5.41, 5.74) is 1.03. The Kier molecular flexibility index (Phi) is 3.69. The zero-order valence-corrected chi connectivity index (χ0v) is 14.6. The van der Waals surface area contributed by atoms with E-state index in [0.29, 0.717) is 17.8 Å². The standard InChI is InChI=1S/C18H24N6O/c1-12-5-17(20-11-19-12)24-8-14-6-23(7-15(14)9-24)10-16-21-18(25-22-16)13-3-2-4-13/h5,11,13-15H,2-4,6-10H2,1H3. The van der Waals surface area contributed by atoms with Crippen LogP contribution in [0.1, 0.15) is 42.6 Å². The summed E-state index contributed by atoms with van der Waals surface area (Å²) in [7, 11) is 0. The van der Waals surface area contributed by atoms with Gasteiger partial charge in [0, 0.05) is 43.9 Å². The number of anilines is 1. The first-order valence-electron chi connectivity index (χ1n) is 9.33. The van der Waals surface area contributed by atoms with E-state index in [1.807, 2.05) is 6.92 Å². The molecule has 2 saturated heterocycles. The maximum absolute atomic E-state index is 5.45. The zero-order chi connectivity index (χ0) is 16.8. The molecule has 3 fully saturated rings. The molecule has 0 amide bonds. The van der Waals surface area contributed by atoms with Crippen LogP contribution >= 0.6 is 0 Å². The molecule has 25 heavy (non-hydrogen) atoms. The number of hydrogen-bond acceptors (Lipinski definition) is 7. The van der Waals surface area contributed by atoms with E-state index in [1.165, 1.54) is 19.3 Å². The summed E-state index contributed by atoms with van der Waals surface area (Å²) in [6.45, 7) is 7.22. The highest BCUT2D eigenvalue weighted by Gasteiger charge is 2.40. The second kappa shape index (κ2) is 6.05. The van der Waals surface area contributed by atoms with Gasteiger partial charge in [0.1, 0.15) is 12.1 Å². The number of hydrogen-bond donors (Lipinski definition) is 0. The van der Waals surface area contributed by atoms with Crippen LogP contribution in [0.3, 0.4) is 0 Å². The SMILES string of the molecule is Cc1cc(N2CC3CN(Cc4noc(C5CCC5)n4)CC3C2)ncn1. The van der Waals surface area contributed by atoms with E-state index in [4.69, 9.17) is 4.52 Å². The van der Waals surface area contributed by atoms with Gasteiger partial charge in [-0.1, -0.05) is 11.6 Å². The van der Waals surface area contributed by atoms with Gasteiger partial charge in [-0.25, -0.2) is 9.97 Å². The van der Waals surface area contributed by atoms with E-state index < -0.39 is 0 Å². The van der Waals surface area contributed by atoms with Gasteiger partial charge in [0.2, 0.25) is 5.89 Å². The second-order valence-electron chi connectivity index (χ2n) is 7.81. The molecule has 2 unspecified atom stereocenters. The lowest BCUT2D eigenvalue weighted by Gasteiger charge is -2.21. The van der Waals surface area contributed by atoms with Crippen molar-refractivity contribution in [1.29, 1.82) is 0 Å². The van der Waals surface area contributed by atoms with Crippen LogP contribution in [-0.4, -0.2) is 51.2 Å². The minimum absolute atomic E-state index is 0.518. The van der Waals surface area contributed by atoms with Crippen LogP contribution in [0.15, 0.2) is 16.9 Å². The number of aromatic nitrogens is 4. The van der Waals surface area contributed by atoms with Crippen LogP contribution < -0.4 is 4.90 Å². The van der Waals surface area contributed by atoms with E-state index in [1.54, 1.807) is 6.33 Å². The lowest BCUT2D eigenvalue weighted by molar-refractivity contribution is 0.278. The highest BCUT2D eigenvalue weighted by atomic mass is 16.5. The van der Waals surface area contributed by atoms with E-state index >= 15 is 0 Å². The van der Waals surface area contributed by atoms with Gasteiger partial charge in [-0.15, -0.1) is 0 Å². The summed E-state index contributed by atoms with van der Waals surface area (Å²) < 4.78 is 5.45. The number of nitrogens with zero attached hydrogens (tertiary/aromatic N) is 6. The first-order chi connectivity index (χ1) is 12.2. The monoisotopic (exact) mass is 340 g/mol. The smallest absolute Gasteiger partial charge is 0.229 e. The Morgan fingerprint density at radius 2 is 1.92 bits per heavy atom. The molecule has 2 aromatic rings. The highest BCUT2D eigenvalue weighted by Crippen LogP contribution is 2.36. The molecular formula is C18H24N6O. The predicted octanol–water partition coefficient (Wildman–Crippen LogP) is 2.00. The number of aryl methyl sites for hydroxylation is 1. The van der Waals surface area contributed by atoms with Crippen molar-refractivity contribution in [1.82, 2.24) is 25.0 Å². The highest BCUT2D eigenvalue weighted by molar-refractivity contribution is 5.40. The molecule has 2 aromatic heterocycles. The Balaban J connectivity index is 1.19. The topological polar surface area (TPSA) is 71.2 Å². The summed E-state index contributed by atoms with van der Waals surface area (Å²) in [4.78, 5) is 18.1. The van der Waals surface area contributed by atoms with Crippen molar-refractivity contribution in [3.63, 3.8) is 0 Å². The van der Waals surface area contributed by atoms with Crippen LogP contribution in [0.25, 0.3) is 0 Å². The van der Waals surface area contributed by atoms with Gasteiger partial charge >= 0.3 is 0 Å². The van der Waals surface area contributed by atoms with Crippen molar-refractivity contribution in [2.45, 2.75) is 38.6 Å². The molecule has 1 saturated carbocycles. The first-order valence-corrected chi connectivity index (χ1v) is 9.33. The number of likely N-dealkylation sites (tertiary alicyclic amines) is 1. The fraction of sp³-hybridized carbons (Fsp3) is 0.667. The first kappa shape index (κ1) is 15.3. The van der Waals surface area contributed by atoms with Crippen LogP contribution in [0.4, 0.5) is 5.82 Å². The molecule has 132 valence electrons. The minimum atomic E-state index is 0.518. The Bertz CT molecular complexity index is 744. The van der Waals surface area contributed by atoms with E-state index in [2.05, 4.69) is 36.0 Å². The van der Waals surface area contributed by atoms with Crippen molar-refractivity contribution in [3.8, 4) is 0 Å². The summed E-state index contributed by atoms with van der Waals surface area (Å²) in [5, 5.41) is 4.19. The van der Waals surface area contributed by atoms with Gasteiger partial charge in [0.05, 0.1) is 6.54 Å². The van der Waals surface area contributed by atoms with Gasteiger partial charge in [-0.2, -0.15) is 4.98 Å². The second-order valence-corrected chi connectivity index (χ2v) is 7.81. The third-order valence-corrected chi connectivity index (χ3v) is 5.98. The largest absolute Gasteiger partial charge is 0.356 e. The van der Waals surface area contributed by atoms with Crippen LogP contribution in [0.5, 0.6) is 0 Å². The lowest BCUT2D eigenvalue weighted by atomic mass is 9.85. The Labute approximate surface area is 147 Å². The minimum Gasteiger partial charge on any atom is -0.356 e. The van der Waals surface area contributed by atoms with Crippen molar-refractivity contribution in [2.24, 2.45) is 11.8 Å². The molecule has 1 aliphatic carbocycles. The molecule has 2 atom stereocenters. The molecule has 4 heterocycles. The van der Waals surface area contributed by atoms with E-state index in [-0.39, 0.29) is 0 Å². The predicted molar refractivity (Wildman–Crippen MR) is 92.1 cm³/mol. The fourth-order valence-electron chi connectivity index (χ4n) is 4.37. The van der Waals surface area contributed by atoms with Crippen molar-refractivity contribution in [2.75, 3.05) is 31.1 Å². The third-order valence-electron chi connectivity index (χ3n) is 5.98. The maximum atomic E-state index is 5.45. The summed E-state index contributed by atoms with van der Waals surface area (Å²) in [5.74, 6) is 4.69. The van der Waals surface area contributed by atoms with Gasteiger partial charge < -0.3 is 9.42 Å². The van der Waals surface area contributed by atoms with Crippen LogP contribution in [0.2, 0.25) is 0 Å². The van der Waals surface area contributed by atoms with E-state index in [9.17, 15) is 0 Å². The number of rotatable bonds is 4. The Morgan fingerprint density at radius 3 is 2.60 bits per heavy atom. The molecule has 0 spiro atoms. The summed E-state index contributed by atoms with van der Waals surface area (Å²) in [6, 6.07) is 2.08. The molecule has 3 aliphatic rings. The Hall–Kier alpha value is -2.02. The zero-order valence-electron chi connectivity index (χ0n) is 14.6. The molecule has 0 aromatic carbocycles. The third kappa shape index (κ3) is 2.90. The molecule has 5 rings (SSSR count). The van der Waals surface area contributed by atoms with Gasteiger partial charge in [-0.05, 0) is 31.6 Å². The van der Waals surface area contributed by atoms with Crippen molar-refractivity contribution < 1.29 is 4.52 Å². The van der Waals surface area contributed by atoms with Gasteiger partial charge in [0.15, 0.2) is 5.82 Å². The molecule has 7 nitrogen and oxygen atoms in total. The van der Waals surface area contributed by atoms with Gasteiger partial charge in [-0.3, -0.25) is 4.90 Å². The van der Waals surface area contributed by atoms with E-state index in [0.717, 1.165) is 56.0 Å². The molecule has 2 aliphatic heterocycles. The molecule has 7 heteroatoms. The normalized spacial score (nSPS) is 26.8. The maximum Gasteiger partial charge on any atom is 0.229 e. The molecule has 0 radical (unpaired) electrons. The molecule has 0 bridgehead atoms. The number of fused-ring (bicyclic) bond motifs is 1. The Morgan fingerprint density at radius 1 is 1.12 bits per heavy atom. The van der Waals surface area contributed by atoms with Crippen molar-refractivity contribution >= 4 is 5.82 Å². The van der Waals surface area contributed by atoms with Crippen LogP contribution in [0, 0.1) is 18.8 Å². The lowest BCUT2D eigenvalue weighted by Crippen LogP contribution is -2.29. The molecular weight excluding hydrogens is 316 g/mol. The van der Waals surface area contributed by atoms with Crippen molar-refractivity contribution in [3.05, 3.63) is 29.8 Å². The quantitative estimate of drug-likeness (QED) is 0.843. The van der Waals surface area contributed by atoms with Gasteiger partial charge in [0.25, 0.3) is 0 Å². The average molecular weight is 340 g/mol.